The lowest BCUT2D eigenvalue weighted by molar-refractivity contribution is -0.130. The van der Waals surface area contributed by atoms with Gasteiger partial charge in [0.1, 0.15) is 11.5 Å². The fraction of sp³-hybridized carbons (Fsp3) is 0.190. The molecule has 0 unspecified atom stereocenters. The van der Waals surface area contributed by atoms with Crippen LogP contribution >= 0.6 is 0 Å². The molecule has 3 nitrogen and oxygen atoms in total. The number of methoxy groups -OCH3 is 1. The number of cyclic esters (lactones) is 1. The number of carbonyl (C=O) groups is 1. The number of hydrogen-bond acceptors (Lipinski definition) is 3. The molecule has 0 saturated carbocycles. The highest BCUT2D eigenvalue weighted by atomic mass is 16.5. The predicted molar refractivity (Wildman–Crippen MR) is 95.6 cm³/mol. The second-order valence-corrected chi connectivity index (χ2v) is 5.78. The quantitative estimate of drug-likeness (QED) is 0.612. The zero-order valence-electron chi connectivity index (χ0n) is 14.1. The van der Waals surface area contributed by atoms with Gasteiger partial charge in [-0.15, -0.1) is 0 Å². The normalized spacial score (nSPS) is 15.4. The molecule has 0 atom stereocenters. The molecule has 0 saturated heterocycles. The number of ether oxygens (including phenoxy) is 2. The summed E-state index contributed by atoms with van der Waals surface area (Å²) in [6, 6.07) is 13.9. The van der Waals surface area contributed by atoms with Crippen molar-refractivity contribution in [2.75, 3.05) is 7.11 Å². The Kier molecular flexibility index (Phi) is 4.52. The van der Waals surface area contributed by atoms with Crippen molar-refractivity contribution in [1.82, 2.24) is 0 Å². The van der Waals surface area contributed by atoms with Gasteiger partial charge in [-0.3, -0.25) is 0 Å². The lowest BCUT2D eigenvalue weighted by atomic mass is 10.1. The Labute approximate surface area is 142 Å². The third-order valence-electron chi connectivity index (χ3n) is 4.13. The monoisotopic (exact) mass is 320 g/mol. The van der Waals surface area contributed by atoms with Crippen molar-refractivity contribution in [2.45, 2.75) is 20.3 Å². The van der Waals surface area contributed by atoms with Crippen LogP contribution in [0.2, 0.25) is 0 Å². The molecule has 1 aliphatic heterocycles. The molecule has 0 amide bonds. The summed E-state index contributed by atoms with van der Waals surface area (Å²) in [5.41, 5.74) is 4.66. The standard InChI is InChI=1S/C21H20O3/c1-4-15-7-9-17(10-8-15)20-13-18(21(22)24-20)11-16-6-5-14(2)19(12-16)23-3/h5-13H,4H2,1-3H3. The summed E-state index contributed by atoms with van der Waals surface area (Å²) in [6.07, 6.45) is 4.59. The molecular formula is C21H20O3. The SMILES string of the molecule is CCc1ccc(C2=CC(=Cc3ccc(C)c(OC)c3)C(=O)O2)cc1. The fourth-order valence-corrected chi connectivity index (χ4v) is 2.64. The molecule has 2 aromatic carbocycles. The van der Waals surface area contributed by atoms with E-state index >= 15 is 0 Å². The molecule has 0 aliphatic carbocycles. The second-order valence-electron chi connectivity index (χ2n) is 5.78. The molecule has 1 heterocycles. The van der Waals surface area contributed by atoms with Crippen molar-refractivity contribution in [2.24, 2.45) is 0 Å². The Hall–Kier alpha value is -2.81. The van der Waals surface area contributed by atoms with Gasteiger partial charge in [0.05, 0.1) is 12.7 Å². The average Bonchev–Trinajstić information content (AvgIpc) is 2.97. The van der Waals surface area contributed by atoms with E-state index in [9.17, 15) is 4.79 Å². The molecule has 3 heteroatoms. The van der Waals surface area contributed by atoms with Crippen LogP contribution in [-0.2, 0) is 16.0 Å². The first-order valence-electron chi connectivity index (χ1n) is 8.00. The van der Waals surface area contributed by atoms with Crippen LogP contribution in [0.1, 0.15) is 29.2 Å². The van der Waals surface area contributed by atoms with Crippen LogP contribution in [0.25, 0.3) is 11.8 Å². The maximum absolute atomic E-state index is 12.1. The smallest absolute Gasteiger partial charge is 0.343 e. The van der Waals surface area contributed by atoms with Crippen molar-refractivity contribution in [3.05, 3.63) is 76.4 Å². The van der Waals surface area contributed by atoms with Gasteiger partial charge in [-0.1, -0.05) is 43.3 Å². The summed E-state index contributed by atoms with van der Waals surface area (Å²) in [5, 5.41) is 0. The minimum atomic E-state index is -0.330. The maximum Gasteiger partial charge on any atom is 0.343 e. The van der Waals surface area contributed by atoms with Gasteiger partial charge in [-0.05, 0) is 48.3 Å². The molecule has 0 radical (unpaired) electrons. The minimum absolute atomic E-state index is 0.330. The van der Waals surface area contributed by atoms with Crippen LogP contribution < -0.4 is 4.74 Å². The highest BCUT2D eigenvalue weighted by Gasteiger charge is 2.22. The molecule has 24 heavy (non-hydrogen) atoms. The van der Waals surface area contributed by atoms with Crippen LogP contribution in [0.5, 0.6) is 5.75 Å². The number of aryl methyl sites for hydroxylation is 2. The molecule has 0 spiro atoms. The number of esters is 1. The van der Waals surface area contributed by atoms with E-state index in [0.29, 0.717) is 11.3 Å². The van der Waals surface area contributed by atoms with Crippen LogP contribution in [0.15, 0.2) is 54.1 Å². The van der Waals surface area contributed by atoms with Gasteiger partial charge in [0.25, 0.3) is 0 Å². The largest absolute Gasteiger partial charge is 0.496 e. The summed E-state index contributed by atoms with van der Waals surface area (Å²) < 4.78 is 10.7. The summed E-state index contributed by atoms with van der Waals surface area (Å²) in [7, 11) is 1.64. The zero-order chi connectivity index (χ0) is 17.1. The van der Waals surface area contributed by atoms with E-state index in [4.69, 9.17) is 9.47 Å². The van der Waals surface area contributed by atoms with Gasteiger partial charge in [0.15, 0.2) is 0 Å². The van der Waals surface area contributed by atoms with E-state index in [1.165, 1.54) is 5.56 Å². The lowest BCUT2D eigenvalue weighted by Crippen LogP contribution is -1.97. The van der Waals surface area contributed by atoms with Crippen LogP contribution in [0.4, 0.5) is 0 Å². The van der Waals surface area contributed by atoms with Gasteiger partial charge < -0.3 is 9.47 Å². The summed E-state index contributed by atoms with van der Waals surface area (Å²) >= 11 is 0. The molecule has 3 rings (SSSR count). The zero-order valence-corrected chi connectivity index (χ0v) is 14.1. The van der Waals surface area contributed by atoms with E-state index < -0.39 is 0 Å². The third kappa shape index (κ3) is 3.25. The molecule has 0 N–H and O–H groups in total. The first-order chi connectivity index (χ1) is 11.6. The van der Waals surface area contributed by atoms with Gasteiger partial charge >= 0.3 is 5.97 Å². The van der Waals surface area contributed by atoms with Crippen molar-refractivity contribution < 1.29 is 14.3 Å². The Bertz CT molecular complexity index is 827. The van der Waals surface area contributed by atoms with Crippen LogP contribution in [-0.4, -0.2) is 13.1 Å². The topological polar surface area (TPSA) is 35.5 Å². The Balaban J connectivity index is 1.90. The van der Waals surface area contributed by atoms with E-state index in [1.807, 2.05) is 43.3 Å². The second kappa shape index (κ2) is 6.75. The molecule has 0 bridgehead atoms. The number of benzene rings is 2. The molecule has 0 fully saturated rings. The van der Waals surface area contributed by atoms with Gasteiger partial charge in [-0.25, -0.2) is 4.79 Å². The number of carbonyl (C=O) groups excluding carboxylic acids is 1. The molecule has 0 aromatic heterocycles. The highest BCUT2D eigenvalue weighted by molar-refractivity contribution is 6.05. The van der Waals surface area contributed by atoms with E-state index in [1.54, 1.807) is 13.2 Å². The molecule has 2 aromatic rings. The Morgan fingerprint density at radius 2 is 1.88 bits per heavy atom. The van der Waals surface area contributed by atoms with E-state index in [-0.39, 0.29) is 5.97 Å². The summed E-state index contributed by atoms with van der Waals surface area (Å²) in [5.74, 6) is 1.06. The fourth-order valence-electron chi connectivity index (χ4n) is 2.64. The van der Waals surface area contributed by atoms with E-state index in [0.717, 1.165) is 28.9 Å². The van der Waals surface area contributed by atoms with Crippen molar-refractivity contribution in [3.63, 3.8) is 0 Å². The summed E-state index contributed by atoms with van der Waals surface area (Å²) in [4.78, 5) is 12.1. The average molecular weight is 320 g/mol. The minimum Gasteiger partial charge on any atom is -0.496 e. The van der Waals surface area contributed by atoms with Gasteiger partial charge in [-0.2, -0.15) is 0 Å². The van der Waals surface area contributed by atoms with Crippen LogP contribution in [0.3, 0.4) is 0 Å². The predicted octanol–water partition coefficient (Wildman–Crippen LogP) is 4.55. The van der Waals surface area contributed by atoms with Crippen molar-refractivity contribution >= 4 is 17.8 Å². The highest BCUT2D eigenvalue weighted by Crippen LogP contribution is 2.28. The van der Waals surface area contributed by atoms with Crippen molar-refractivity contribution in [3.8, 4) is 5.75 Å². The van der Waals surface area contributed by atoms with Gasteiger partial charge in [0, 0.05) is 5.56 Å². The van der Waals surface area contributed by atoms with Crippen LogP contribution in [0, 0.1) is 6.92 Å². The Morgan fingerprint density at radius 1 is 1.12 bits per heavy atom. The van der Waals surface area contributed by atoms with Gasteiger partial charge in [0.2, 0.25) is 0 Å². The first-order valence-corrected chi connectivity index (χ1v) is 8.00. The van der Waals surface area contributed by atoms with E-state index in [2.05, 4.69) is 19.1 Å². The maximum atomic E-state index is 12.1. The third-order valence-corrected chi connectivity index (χ3v) is 4.13. The lowest BCUT2D eigenvalue weighted by Gasteiger charge is -2.05. The molecule has 122 valence electrons. The molecular weight excluding hydrogens is 300 g/mol. The number of hydrogen-bond donors (Lipinski definition) is 0. The summed E-state index contributed by atoms with van der Waals surface area (Å²) in [6.45, 7) is 4.10. The first kappa shape index (κ1) is 16.1. The number of rotatable bonds is 4. The Morgan fingerprint density at radius 3 is 2.54 bits per heavy atom. The van der Waals surface area contributed by atoms with Crippen molar-refractivity contribution in [1.29, 1.82) is 0 Å². The molecule has 1 aliphatic rings.